The molecule has 2 aromatic carbocycles. The quantitative estimate of drug-likeness (QED) is 0.767. The fourth-order valence-electron chi connectivity index (χ4n) is 3.88. The van der Waals surface area contributed by atoms with E-state index in [0.29, 0.717) is 18.2 Å². The van der Waals surface area contributed by atoms with Crippen LogP contribution in [0.5, 0.6) is 11.5 Å². The number of carbonyl (C=O) groups is 1. The molecular formula is C20H22N4O3. The minimum Gasteiger partial charge on any atom is -0.454 e. The number of amides is 1. The summed E-state index contributed by atoms with van der Waals surface area (Å²) >= 11 is 0. The molecule has 2 fully saturated rings. The maximum atomic E-state index is 12.9. The van der Waals surface area contributed by atoms with Crippen LogP contribution in [0.1, 0.15) is 17.9 Å². The molecule has 7 nitrogen and oxygen atoms in total. The highest BCUT2D eigenvalue weighted by atomic mass is 16.7. The van der Waals surface area contributed by atoms with Crippen LogP contribution in [0.2, 0.25) is 0 Å². The number of hydrogen-bond donors (Lipinski definition) is 3. The van der Waals surface area contributed by atoms with Crippen LogP contribution < -0.4 is 30.5 Å². The normalized spacial score (nSPS) is 21.9. The Bertz CT molecular complexity index is 849. The van der Waals surface area contributed by atoms with Gasteiger partial charge in [-0.25, -0.2) is 0 Å². The van der Waals surface area contributed by atoms with E-state index in [1.165, 1.54) is 5.56 Å². The van der Waals surface area contributed by atoms with Crippen molar-refractivity contribution in [3.63, 3.8) is 0 Å². The Morgan fingerprint density at radius 3 is 2.59 bits per heavy atom. The summed E-state index contributed by atoms with van der Waals surface area (Å²) < 4.78 is 10.7. The molecule has 0 unspecified atom stereocenters. The lowest BCUT2D eigenvalue weighted by Crippen LogP contribution is -2.33. The predicted molar refractivity (Wildman–Crippen MR) is 102 cm³/mol. The van der Waals surface area contributed by atoms with E-state index in [-0.39, 0.29) is 18.7 Å². The van der Waals surface area contributed by atoms with Gasteiger partial charge in [-0.3, -0.25) is 15.6 Å². The van der Waals surface area contributed by atoms with Crippen LogP contribution in [0, 0.1) is 0 Å². The number of benzene rings is 2. The second kappa shape index (κ2) is 6.75. The van der Waals surface area contributed by atoms with Gasteiger partial charge in [-0.15, -0.1) is 0 Å². The summed E-state index contributed by atoms with van der Waals surface area (Å²) in [6, 6.07) is 13.8. The molecule has 0 radical (unpaired) electrons. The van der Waals surface area contributed by atoms with Gasteiger partial charge in [-0.05, 0) is 36.2 Å². The Labute approximate surface area is 157 Å². The van der Waals surface area contributed by atoms with Crippen LogP contribution in [0.3, 0.4) is 0 Å². The molecule has 3 aliphatic rings. The third-order valence-electron chi connectivity index (χ3n) is 5.42. The molecule has 0 aromatic heterocycles. The number of carbonyl (C=O) groups excluding carboxylic acids is 1. The number of hydrazine groups is 1. The van der Waals surface area contributed by atoms with Gasteiger partial charge in [-0.2, -0.15) is 0 Å². The summed E-state index contributed by atoms with van der Waals surface area (Å²) in [5.41, 5.74) is 9.42. The topological polar surface area (TPSA) is 74.9 Å². The van der Waals surface area contributed by atoms with Crippen molar-refractivity contribution in [2.75, 3.05) is 36.6 Å². The maximum absolute atomic E-state index is 12.9. The van der Waals surface area contributed by atoms with Gasteiger partial charge in [0.25, 0.3) is 0 Å². The molecule has 0 aliphatic carbocycles. The molecular weight excluding hydrogens is 344 g/mol. The Balaban J connectivity index is 1.27. The number of ether oxygens (including phenoxy) is 2. The van der Waals surface area contributed by atoms with Gasteiger partial charge >= 0.3 is 0 Å². The maximum Gasteiger partial charge on any atom is 0.249 e. The summed E-state index contributed by atoms with van der Waals surface area (Å²) in [6.07, 6.45) is 0.769. The third kappa shape index (κ3) is 3.09. The Morgan fingerprint density at radius 2 is 1.78 bits per heavy atom. The molecule has 3 aliphatic heterocycles. The van der Waals surface area contributed by atoms with Gasteiger partial charge in [0.15, 0.2) is 11.5 Å². The van der Waals surface area contributed by atoms with Gasteiger partial charge in [0, 0.05) is 43.0 Å². The number of anilines is 2. The first-order chi connectivity index (χ1) is 13.3. The molecule has 5 rings (SSSR count). The third-order valence-corrected chi connectivity index (χ3v) is 5.42. The number of fused-ring (bicyclic) bond motifs is 1. The molecule has 2 saturated heterocycles. The largest absolute Gasteiger partial charge is 0.454 e. The molecule has 0 spiro atoms. The van der Waals surface area contributed by atoms with Crippen molar-refractivity contribution in [3.8, 4) is 11.5 Å². The van der Waals surface area contributed by atoms with Gasteiger partial charge in [0.2, 0.25) is 12.7 Å². The lowest BCUT2D eigenvalue weighted by molar-refractivity contribution is -0.117. The first kappa shape index (κ1) is 16.4. The van der Waals surface area contributed by atoms with E-state index in [1.807, 2.05) is 23.1 Å². The zero-order valence-corrected chi connectivity index (χ0v) is 14.9. The Kier molecular flexibility index (Phi) is 4.10. The SMILES string of the molecule is O=C1[C@H](Nc2ccc3c(c2)OCO3)CCN1c1ccc(C2CNNC2)cc1. The predicted octanol–water partition coefficient (Wildman–Crippen LogP) is 1.82. The fraction of sp³-hybridized carbons (Fsp3) is 0.350. The monoisotopic (exact) mass is 366 g/mol. The highest BCUT2D eigenvalue weighted by molar-refractivity contribution is 6.01. The summed E-state index contributed by atoms with van der Waals surface area (Å²) in [5.74, 6) is 2.04. The number of nitrogens with one attached hydrogen (secondary N) is 3. The van der Waals surface area contributed by atoms with Crippen molar-refractivity contribution < 1.29 is 14.3 Å². The van der Waals surface area contributed by atoms with E-state index in [9.17, 15) is 4.79 Å². The van der Waals surface area contributed by atoms with Crippen molar-refractivity contribution in [3.05, 3.63) is 48.0 Å². The molecule has 7 heteroatoms. The molecule has 1 amide bonds. The number of rotatable bonds is 4. The molecule has 0 bridgehead atoms. The minimum absolute atomic E-state index is 0.101. The van der Waals surface area contributed by atoms with E-state index in [4.69, 9.17) is 9.47 Å². The Hall–Kier alpha value is -2.77. The second-order valence-electron chi connectivity index (χ2n) is 7.09. The Morgan fingerprint density at radius 1 is 1.00 bits per heavy atom. The van der Waals surface area contributed by atoms with E-state index in [2.05, 4.69) is 40.4 Å². The minimum atomic E-state index is -0.228. The van der Waals surface area contributed by atoms with Gasteiger partial charge in [-0.1, -0.05) is 12.1 Å². The van der Waals surface area contributed by atoms with Crippen LogP contribution in [0.25, 0.3) is 0 Å². The smallest absolute Gasteiger partial charge is 0.249 e. The van der Waals surface area contributed by atoms with Crippen LogP contribution >= 0.6 is 0 Å². The lowest BCUT2D eigenvalue weighted by Gasteiger charge is -2.19. The number of nitrogens with zero attached hydrogens (tertiary/aromatic N) is 1. The van der Waals surface area contributed by atoms with Crippen molar-refractivity contribution in [1.29, 1.82) is 0 Å². The summed E-state index contributed by atoms with van der Waals surface area (Å²) in [5, 5.41) is 3.33. The molecule has 140 valence electrons. The summed E-state index contributed by atoms with van der Waals surface area (Å²) in [6.45, 7) is 2.83. The first-order valence-electron chi connectivity index (χ1n) is 9.31. The summed E-state index contributed by atoms with van der Waals surface area (Å²) in [4.78, 5) is 14.7. The van der Waals surface area contributed by atoms with Crippen LogP contribution in [0.15, 0.2) is 42.5 Å². The van der Waals surface area contributed by atoms with E-state index < -0.39 is 0 Å². The van der Waals surface area contributed by atoms with Crippen LogP contribution in [-0.4, -0.2) is 38.4 Å². The van der Waals surface area contributed by atoms with Gasteiger partial charge in [0.05, 0.1) is 0 Å². The van der Waals surface area contributed by atoms with Crippen LogP contribution in [0.4, 0.5) is 11.4 Å². The lowest BCUT2D eigenvalue weighted by atomic mass is 10.00. The standard InChI is InChI=1S/C20H22N4O3/c25-20-17(23-15-3-6-18-19(9-15)27-12-26-18)7-8-24(20)16-4-1-13(2-5-16)14-10-21-22-11-14/h1-6,9,14,17,21-23H,7-8,10-12H2/t17-/m1/s1. The molecule has 3 N–H and O–H groups in total. The van der Waals surface area contributed by atoms with Crippen molar-refractivity contribution in [2.45, 2.75) is 18.4 Å². The summed E-state index contributed by atoms with van der Waals surface area (Å²) in [7, 11) is 0. The van der Waals surface area contributed by atoms with E-state index >= 15 is 0 Å². The van der Waals surface area contributed by atoms with E-state index in [1.54, 1.807) is 0 Å². The molecule has 3 heterocycles. The highest BCUT2D eigenvalue weighted by Crippen LogP contribution is 2.35. The fourth-order valence-corrected chi connectivity index (χ4v) is 3.88. The average Bonchev–Trinajstić information content (AvgIpc) is 3.44. The number of hydrogen-bond acceptors (Lipinski definition) is 6. The molecule has 0 saturated carbocycles. The van der Waals surface area contributed by atoms with Crippen LogP contribution in [-0.2, 0) is 4.79 Å². The van der Waals surface area contributed by atoms with Crippen molar-refractivity contribution in [2.24, 2.45) is 0 Å². The van der Waals surface area contributed by atoms with Crippen molar-refractivity contribution >= 4 is 17.3 Å². The van der Waals surface area contributed by atoms with E-state index in [0.717, 1.165) is 36.6 Å². The highest BCUT2D eigenvalue weighted by Gasteiger charge is 2.33. The first-order valence-corrected chi connectivity index (χ1v) is 9.31. The zero-order chi connectivity index (χ0) is 18.2. The van der Waals surface area contributed by atoms with Gasteiger partial charge < -0.3 is 19.7 Å². The van der Waals surface area contributed by atoms with Gasteiger partial charge in [0.1, 0.15) is 6.04 Å². The average molecular weight is 366 g/mol. The zero-order valence-electron chi connectivity index (χ0n) is 14.9. The second-order valence-corrected chi connectivity index (χ2v) is 7.09. The molecule has 27 heavy (non-hydrogen) atoms. The van der Waals surface area contributed by atoms with Crippen molar-refractivity contribution in [1.82, 2.24) is 10.9 Å². The molecule has 2 aromatic rings. The molecule has 1 atom stereocenters.